The van der Waals surface area contributed by atoms with Crippen LogP contribution in [0.3, 0.4) is 0 Å². The SMILES string of the molecule is O=C(NCc1cc(Br)cs1)c1ccc(O)c(Cl)c1. The average Bonchev–Trinajstić information content (AvgIpc) is 2.75. The largest absolute Gasteiger partial charge is 0.506 e. The Hall–Kier alpha value is -1.04. The number of hydrogen-bond acceptors (Lipinski definition) is 3. The van der Waals surface area contributed by atoms with Gasteiger partial charge in [0.25, 0.3) is 5.91 Å². The summed E-state index contributed by atoms with van der Waals surface area (Å²) in [7, 11) is 0. The molecule has 0 aliphatic rings. The van der Waals surface area contributed by atoms with Crippen LogP contribution in [0.4, 0.5) is 0 Å². The minimum Gasteiger partial charge on any atom is -0.506 e. The van der Waals surface area contributed by atoms with Crippen LogP contribution in [0, 0.1) is 0 Å². The number of benzene rings is 1. The first-order chi connectivity index (χ1) is 8.56. The number of aromatic hydroxyl groups is 1. The third-order valence-electron chi connectivity index (χ3n) is 2.25. The Balaban J connectivity index is 2.01. The highest BCUT2D eigenvalue weighted by Crippen LogP contribution is 2.24. The molecule has 0 aliphatic heterocycles. The molecule has 1 aromatic heterocycles. The van der Waals surface area contributed by atoms with E-state index >= 15 is 0 Å². The second-order valence-electron chi connectivity index (χ2n) is 3.58. The average molecular weight is 347 g/mol. The number of carbonyl (C=O) groups excluding carboxylic acids is 1. The zero-order chi connectivity index (χ0) is 13.1. The van der Waals surface area contributed by atoms with Gasteiger partial charge < -0.3 is 10.4 Å². The molecule has 1 aromatic carbocycles. The van der Waals surface area contributed by atoms with E-state index in [1.165, 1.54) is 18.2 Å². The maximum Gasteiger partial charge on any atom is 0.251 e. The zero-order valence-electron chi connectivity index (χ0n) is 9.11. The van der Waals surface area contributed by atoms with Crippen LogP contribution in [0.5, 0.6) is 5.75 Å². The summed E-state index contributed by atoms with van der Waals surface area (Å²) < 4.78 is 1.00. The van der Waals surface area contributed by atoms with E-state index in [0.717, 1.165) is 9.35 Å². The Morgan fingerprint density at radius 1 is 1.44 bits per heavy atom. The summed E-state index contributed by atoms with van der Waals surface area (Å²) in [6.45, 7) is 0.466. The van der Waals surface area contributed by atoms with Crippen LogP contribution in [0.15, 0.2) is 34.1 Å². The van der Waals surface area contributed by atoms with Gasteiger partial charge in [-0.15, -0.1) is 11.3 Å². The minimum absolute atomic E-state index is 0.0320. The second kappa shape index (κ2) is 5.73. The Morgan fingerprint density at radius 3 is 2.83 bits per heavy atom. The van der Waals surface area contributed by atoms with Gasteiger partial charge in [-0.25, -0.2) is 0 Å². The quantitative estimate of drug-likeness (QED) is 0.888. The molecule has 6 heteroatoms. The first-order valence-corrected chi connectivity index (χ1v) is 7.11. The number of thiophene rings is 1. The predicted octanol–water partition coefficient (Wildman–Crippen LogP) is 3.80. The molecule has 1 amide bonds. The van der Waals surface area contributed by atoms with Gasteiger partial charge in [0, 0.05) is 20.3 Å². The summed E-state index contributed by atoms with van der Waals surface area (Å²) in [4.78, 5) is 12.9. The fraction of sp³-hybridized carbons (Fsp3) is 0.0833. The lowest BCUT2D eigenvalue weighted by atomic mass is 10.2. The molecule has 3 nitrogen and oxygen atoms in total. The van der Waals surface area contributed by atoms with Crippen molar-refractivity contribution in [3.63, 3.8) is 0 Å². The van der Waals surface area contributed by atoms with Crippen LogP contribution in [0.25, 0.3) is 0 Å². The van der Waals surface area contributed by atoms with Crippen LogP contribution in [-0.2, 0) is 6.54 Å². The van der Waals surface area contributed by atoms with Crippen LogP contribution in [-0.4, -0.2) is 11.0 Å². The van der Waals surface area contributed by atoms with E-state index in [9.17, 15) is 9.90 Å². The lowest BCUT2D eigenvalue weighted by molar-refractivity contribution is 0.0951. The third kappa shape index (κ3) is 3.25. The fourth-order valence-corrected chi connectivity index (χ4v) is 2.94. The van der Waals surface area contributed by atoms with Gasteiger partial charge in [0.05, 0.1) is 11.6 Å². The highest BCUT2D eigenvalue weighted by Gasteiger charge is 2.08. The minimum atomic E-state index is -0.221. The smallest absolute Gasteiger partial charge is 0.251 e. The van der Waals surface area contributed by atoms with Crippen LogP contribution >= 0.6 is 38.9 Å². The summed E-state index contributed by atoms with van der Waals surface area (Å²) in [5, 5.41) is 14.2. The molecule has 0 spiro atoms. The lowest BCUT2D eigenvalue weighted by Crippen LogP contribution is -2.22. The van der Waals surface area contributed by atoms with Gasteiger partial charge >= 0.3 is 0 Å². The lowest BCUT2D eigenvalue weighted by Gasteiger charge is -2.04. The van der Waals surface area contributed by atoms with Gasteiger partial charge in [-0.3, -0.25) is 4.79 Å². The van der Waals surface area contributed by atoms with Crippen molar-refractivity contribution >= 4 is 44.8 Å². The molecule has 0 saturated carbocycles. The molecule has 94 valence electrons. The Labute approximate surface area is 122 Å². The number of amides is 1. The molecule has 2 aromatic rings. The van der Waals surface area contributed by atoms with Crippen LogP contribution < -0.4 is 5.32 Å². The van der Waals surface area contributed by atoms with E-state index in [4.69, 9.17) is 11.6 Å². The van der Waals surface area contributed by atoms with E-state index in [-0.39, 0.29) is 16.7 Å². The van der Waals surface area contributed by atoms with Crippen molar-refractivity contribution in [3.8, 4) is 5.75 Å². The molecule has 0 atom stereocenters. The second-order valence-corrected chi connectivity index (χ2v) is 5.90. The molecule has 0 bridgehead atoms. The fourth-order valence-electron chi connectivity index (χ4n) is 1.36. The van der Waals surface area contributed by atoms with E-state index in [2.05, 4.69) is 21.2 Å². The molecule has 0 unspecified atom stereocenters. The number of halogens is 2. The Morgan fingerprint density at radius 2 is 2.22 bits per heavy atom. The molecular weight excluding hydrogens is 338 g/mol. The van der Waals surface area contributed by atoms with Gasteiger partial charge in [-0.2, -0.15) is 0 Å². The molecule has 0 radical (unpaired) electrons. The van der Waals surface area contributed by atoms with Crippen molar-refractivity contribution in [2.24, 2.45) is 0 Å². The first kappa shape index (κ1) is 13.4. The normalized spacial score (nSPS) is 10.3. The molecule has 1 heterocycles. The monoisotopic (exact) mass is 345 g/mol. The van der Waals surface area contributed by atoms with Gasteiger partial charge in [-0.05, 0) is 40.2 Å². The predicted molar refractivity (Wildman–Crippen MR) is 76.3 cm³/mol. The van der Waals surface area contributed by atoms with Crippen LogP contribution in [0.2, 0.25) is 5.02 Å². The number of nitrogens with one attached hydrogen (secondary N) is 1. The van der Waals surface area contributed by atoms with E-state index in [1.807, 2.05) is 11.4 Å². The van der Waals surface area contributed by atoms with Crippen molar-refractivity contribution in [2.75, 3.05) is 0 Å². The van der Waals surface area contributed by atoms with E-state index in [1.54, 1.807) is 11.3 Å². The van der Waals surface area contributed by atoms with Gasteiger partial charge in [0.2, 0.25) is 0 Å². The highest BCUT2D eigenvalue weighted by molar-refractivity contribution is 9.10. The van der Waals surface area contributed by atoms with E-state index in [0.29, 0.717) is 12.1 Å². The van der Waals surface area contributed by atoms with Crippen molar-refractivity contribution in [2.45, 2.75) is 6.54 Å². The zero-order valence-corrected chi connectivity index (χ0v) is 12.3. The number of carbonyl (C=O) groups is 1. The molecule has 0 fully saturated rings. The molecule has 0 aliphatic carbocycles. The van der Waals surface area contributed by atoms with Crippen molar-refractivity contribution in [1.29, 1.82) is 0 Å². The van der Waals surface area contributed by atoms with Gasteiger partial charge in [0.1, 0.15) is 5.75 Å². The summed E-state index contributed by atoms with van der Waals surface area (Å²) in [5.41, 5.74) is 0.424. The molecule has 2 N–H and O–H groups in total. The third-order valence-corrected chi connectivity index (χ3v) is 4.26. The van der Waals surface area contributed by atoms with E-state index < -0.39 is 0 Å². The topological polar surface area (TPSA) is 49.3 Å². The standard InChI is InChI=1S/C12H9BrClNO2S/c13-8-4-9(18-6-8)5-15-12(17)7-1-2-11(16)10(14)3-7/h1-4,6,16H,5H2,(H,15,17). The summed E-state index contributed by atoms with van der Waals surface area (Å²) in [5.74, 6) is -0.253. The van der Waals surface area contributed by atoms with Gasteiger partial charge in [0.15, 0.2) is 0 Å². The van der Waals surface area contributed by atoms with Crippen molar-refractivity contribution in [3.05, 3.63) is 49.6 Å². The van der Waals surface area contributed by atoms with Crippen molar-refractivity contribution < 1.29 is 9.90 Å². The number of phenolic OH excluding ortho intramolecular Hbond substituents is 1. The summed E-state index contributed by atoms with van der Waals surface area (Å²) >= 11 is 10.7. The molecule has 18 heavy (non-hydrogen) atoms. The summed E-state index contributed by atoms with van der Waals surface area (Å²) in [6, 6.07) is 6.32. The number of rotatable bonds is 3. The molecular formula is C12H9BrClNO2S. The number of hydrogen-bond donors (Lipinski definition) is 2. The maximum absolute atomic E-state index is 11.8. The molecule has 0 saturated heterocycles. The summed E-state index contributed by atoms with van der Waals surface area (Å²) in [6.07, 6.45) is 0. The highest BCUT2D eigenvalue weighted by atomic mass is 79.9. The van der Waals surface area contributed by atoms with Gasteiger partial charge in [-0.1, -0.05) is 11.6 Å². The maximum atomic E-state index is 11.8. The Bertz CT molecular complexity index is 585. The van der Waals surface area contributed by atoms with Crippen molar-refractivity contribution in [1.82, 2.24) is 5.32 Å². The number of phenols is 1. The first-order valence-electron chi connectivity index (χ1n) is 5.06. The van der Waals surface area contributed by atoms with Crippen LogP contribution in [0.1, 0.15) is 15.2 Å². The molecule has 2 rings (SSSR count). The Kier molecular flexibility index (Phi) is 4.27.